The fourth-order valence-corrected chi connectivity index (χ4v) is 1.79. The Morgan fingerprint density at radius 1 is 1.27 bits per heavy atom. The van der Waals surface area contributed by atoms with Crippen molar-refractivity contribution < 1.29 is 0 Å². The van der Waals surface area contributed by atoms with E-state index < -0.39 is 0 Å². The lowest BCUT2D eigenvalue weighted by Crippen LogP contribution is -1.73. The normalized spacial score (nSPS) is 10.1. The monoisotopic (exact) mass is 206 g/mol. The first-order valence-corrected chi connectivity index (χ1v) is 5.06. The van der Waals surface area contributed by atoms with E-state index in [1.54, 1.807) is 11.8 Å². The second-order valence-corrected chi connectivity index (χ2v) is 4.16. The van der Waals surface area contributed by atoms with Crippen molar-refractivity contribution in [2.75, 3.05) is 5.75 Å². The minimum Gasteiger partial charge on any atom is -0.126 e. The number of hydrogen-bond donors (Lipinski definition) is 0. The SMILES string of the molecule is CCSc1ccc(Cl)c(Cl)c1. The van der Waals surface area contributed by atoms with E-state index in [-0.39, 0.29) is 0 Å². The van der Waals surface area contributed by atoms with Gasteiger partial charge >= 0.3 is 0 Å². The van der Waals surface area contributed by atoms with Crippen molar-refractivity contribution in [1.29, 1.82) is 0 Å². The first kappa shape index (κ1) is 9.24. The summed E-state index contributed by atoms with van der Waals surface area (Å²) in [5, 5.41) is 1.25. The fourth-order valence-electron chi connectivity index (χ4n) is 0.733. The van der Waals surface area contributed by atoms with Crippen LogP contribution >= 0.6 is 35.0 Å². The van der Waals surface area contributed by atoms with Crippen molar-refractivity contribution in [3.05, 3.63) is 28.2 Å². The zero-order valence-electron chi connectivity index (χ0n) is 6.10. The minimum atomic E-state index is 0.618. The number of thioether (sulfide) groups is 1. The molecule has 0 heterocycles. The maximum absolute atomic E-state index is 5.80. The molecule has 0 atom stereocenters. The highest BCUT2D eigenvalue weighted by molar-refractivity contribution is 7.99. The Morgan fingerprint density at radius 2 is 2.00 bits per heavy atom. The van der Waals surface area contributed by atoms with Crippen LogP contribution in [0.25, 0.3) is 0 Å². The van der Waals surface area contributed by atoms with Crippen LogP contribution < -0.4 is 0 Å². The number of rotatable bonds is 2. The Kier molecular flexibility index (Phi) is 3.57. The van der Waals surface area contributed by atoms with E-state index in [2.05, 4.69) is 6.92 Å². The van der Waals surface area contributed by atoms with Gasteiger partial charge in [0, 0.05) is 4.90 Å². The summed E-state index contributed by atoms with van der Waals surface area (Å²) in [4.78, 5) is 1.17. The smallest absolute Gasteiger partial charge is 0.0603 e. The van der Waals surface area contributed by atoms with Gasteiger partial charge in [0.15, 0.2) is 0 Å². The van der Waals surface area contributed by atoms with Crippen LogP contribution in [-0.2, 0) is 0 Å². The number of benzene rings is 1. The lowest BCUT2D eigenvalue weighted by Gasteiger charge is -1.99. The highest BCUT2D eigenvalue weighted by Gasteiger charge is 1.97. The molecule has 0 saturated carbocycles. The Hall–Kier alpha value is 0.150. The van der Waals surface area contributed by atoms with Crippen LogP contribution in [0.3, 0.4) is 0 Å². The molecule has 0 spiro atoms. The van der Waals surface area contributed by atoms with Crippen molar-refractivity contribution in [2.24, 2.45) is 0 Å². The summed E-state index contributed by atoms with van der Waals surface area (Å²) in [7, 11) is 0. The molecule has 11 heavy (non-hydrogen) atoms. The van der Waals surface area contributed by atoms with Crippen LogP contribution in [0.4, 0.5) is 0 Å². The molecule has 0 aliphatic carbocycles. The van der Waals surface area contributed by atoms with Gasteiger partial charge in [-0.25, -0.2) is 0 Å². The van der Waals surface area contributed by atoms with E-state index in [0.29, 0.717) is 10.0 Å². The van der Waals surface area contributed by atoms with Crippen LogP contribution in [-0.4, -0.2) is 5.75 Å². The van der Waals surface area contributed by atoms with Crippen LogP contribution in [0.1, 0.15) is 6.92 Å². The van der Waals surface area contributed by atoms with Crippen LogP contribution in [0.15, 0.2) is 23.1 Å². The number of hydrogen-bond acceptors (Lipinski definition) is 1. The van der Waals surface area contributed by atoms with E-state index in [9.17, 15) is 0 Å². The third-order valence-corrected chi connectivity index (χ3v) is 2.82. The Bertz CT molecular complexity index is 248. The van der Waals surface area contributed by atoms with Gasteiger partial charge in [-0.15, -0.1) is 11.8 Å². The van der Waals surface area contributed by atoms with Gasteiger partial charge in [-0.3, -0.25) is 0 Å². The third-order valence-electron chi connectivity index (χ3n) is 1.20. The Labute approximate surface area is 80.9 Å². The molecule has 0 bridgehead atoms. The average Bonchev–Trinajstić information content (AvgIpc) is 1.98. The summed E-state index contributed by atoms with van der Waals surface area (Å²) >= 11 is 13.3. The average molecular weight is 207 g/mol. The van der Waals surface area contributed by atoms with Crippen molar-refractivity contribution >= 4 is 35.0 Å². The molecule has 3 heteroatoms. The molecule has 0 aromatic heterocycles. The predicted octanol–water partition coefficient (Wildman–Crippen LogP) is 4.11. The molecule has 0 aliphatic rings. The molecule has 0 nitrogen and oxygen atoms in total. The van der Waals surface area contributed by atoms with E-state index in [1.807, 2.05) is 18.2 Å². The Balaban J connectivity index is 2.86. The van der Waals surface area contributed by atoms with Gasteiger partial charge in [0.05, 0.1) is 10.0 Å². The molecule has 0 fully saturated rings. The van der Waals surface area contributed by atoms with Crippen LogP contribution in [0, 0.1) is 0 Å². The maximum Gasteiger partial charge on any atom is 0.0603 e. The second kappa shape index (κ2) is 4.24. The predicted molar refractivity (Wildman–Crippen MR) is 52.9 cm³/mol. The topological polar surface area (TPSA) is 0 Å². The molecule has 0 amide bonds. The first-order chi connectivity index (χ1) is 5.24. The van der Waals surface area contributed by atoms with E-state index in [1.165, 1.54) is 4.90 Å². The number of halogens is 2. The summed E-state index contributed by atoms with van der Waals surface area (Å²) < 4.78 is 0. The molecular formula is C8H8Cl2S. The third kappa shape index (κ3) is 2.58. The molecule has 1 aromatic rings. The standard InChI is InChI=1S/C8H8Cl2S/c1-2-11-6-3-4-7(9)8(10)5-6/h3-5H,2H2,1H3. The molecule has 0 unspecified atom stereocenters. The van der Waals surface area contributed by atoms with E-state index in [0.717, 1.165) is 5.75 Å². The van der Waals surface area contributed by atoms with Crippen molar-refractivity contribution in [1.82, 2.24) is 0 Å². The first-order valence-electron chi connectivity index (χ1n) is 3.32. The molecule has 1 rings (SSSR count). The summed E-state index contributed by atoms with van der Waals surface area (Å²) in [5.41, 5.74) is 0. The molecule has 1 aromatic carbocycles. The lowest BCUT2D eigenvalue weighted by atomic mass is 10.4. The van der Waals surface area contributed by atoms with Crippen molar-refractivity contribution in [3.63, 3.8) is 0 Å². The van der Waals surface area contributed by atoms with Crippen LogP contribution in [0.5, 0.6) is 0 Å². The minimum absolute atomic E-state index is 0.618. The van der Waals surface area contributed by atoms with Gasteiger partial charge in [0.25, 0.3) is 0 Å². The molecule has 0 aliphatic heterocycles. The fraction of sp³-hybridized carbons (Fsp3) is 0.250. The molecule has 60 valence electrons. The van der Waals surface area contributed by atoms with Gasteiger partial charge in [-0.2, -0.15) is 0 Å². The van der Waals surface area contributed by atoms with Gasteiger partial charge in [-0.05, 0) is 24.0 Å². The second-order valence-electron chi connectivity index (χ2n) is 2.01. The lowest BCUT2D eigenvalue weighted by molar-refractivity contribution is 1.43. The van der Waals surface area contributed by atoms with Gasteiger partial charge < -0.3 is 0 Å². The maximum atomic E-state index is 5.80. The van der Waals surface area contributed by atoms with E-state index in [4.69, 9.17) is 23.2 Å². The van der Waals surface area contributed by atoms with Crippen molar-refractivity contribution in [2.45, 2.75) is 11.8 Å². The van der Waals surface area contributed by atoms with Gasteiger partial charge in [-0.1, -0.05) is 30.1 Å². The summed E-state index contributed by atoms with van der Waals surface area (Å²) in [6, 6.07) is 5.68. The molecule has 0 N–H and O–H groups in total. The molecular weight excluding hydrogens is 199 g/mol. The summed E-state index contributed by atoms with van der Waals surface area (Å²) in [5.74, 6) is 1.05. The highest BCUT2D eigenvalue weighted by Crippen LogP contribution is 2.27. The quantitative estimate of drug-likeness (QED) is 0.657. The van der Waals surface area contributed by atoms with Crippen molar-refractivity contribution in [3.8, 4) is 0 Å². The highest BCUT2D eigenvalue weighted by atomic mass is 35.5. The van der Waals surface area contributed by atoms with E-state index >= 15 is 0 Å². The largest absolute Gasteiger partial charge is 0.126 e. The summed E-state index contributed by atoms with van der Waals surface area (Å²) in [6.45, 7) is 2.10. The van der Waals surface area contributed by atoms with Crippen LogP contribution in [0.2, 0.25) is 10.0 Å². The van der Waals surface area contributed by atoms with Gasteiger partial charge in [0.2, 0.25) is 0 Å². The molecule has 0 radical (unpaired) electrons. The Morgan fingerprint density at radius 3 is 2.55 bits per heavy atom. The zero-order valence-corrected chi connectivity index (χ0v) is 8.43. The molecule has 0 saturated heterocycles. The zero-order chi connectivity index (χ0) is 8.27. The van der Waals surface area contributed by atoms with Gasteiger partial charge in [0.1, 0.15) is 0 Å². The summed E-state index contributed by atoms with van der Waals surface area (Å²) in [6.07, 6.45) is 0.